The van der Waals surface area contributed by atoms with Gasteiger partial charge in [-0.15, -0.1) is 0 Å². The number of carbonyl (C=O) groups is 2. The van der Waals surface area contributed by atoms with Crippen LogP contribution in [0.1, 0.15) is 29.8 Å². The zero-order chi connectivity index (χ0) is 14.8. The van der Waals surface area contributed by atoms with Crippen LogP contribution in [-0.4, -0.2) is 35.0 Å². The molecule has 1 aromatic heterocycles. The SMILES string of the molecule is O=C(O)CCC1CCN(C(=O)c2cc3ccccc3o2)C1. The highest BCUT2D eigenvalue weighted by atomic mass is 16.4. The average molecular weight is 287 g/mol. The molecule has 0 spiro atoms. The Labute approximate surface area is 122 Å². The first-order chi connectivity index (χ1) is 10.1. The Bertz CT molecular complexity index is 643. The van der Waals surface area contributed by atoms with Gasteiger partial charge in [-0.3, -0.25) is 9.59 Å². The minimum absolute atomic E-state index is 0.107. The molecule has 1 aromatic carbocycles. The predicted molar refractivity (Wildman–Crippen MR) is 77.1 cm³/mol. The number of hydrogen-bond acceptors (Lipinski definition) is 3. The fraction of sp³-hybridized carbons (Fsp3) is 0.375. The summed E-state index contributed by atoms with van der Waals surface area (Å²) in [4.78, 5) is 24.8. The molecule has 1 unspecified atom stereocenters. The third-order valence-electron chi connectivity index (χ3n) is 3.98. The lowest BCUT2D eigenvalue weighted by molar-refractivity contribution is -0.137. The van der Waals surface area contributed by atoms with Crippen molar-refractivity contribution < 1.29 is 19.1 Å². The lowest BCUT2D eigenvalue weighted by Gasteiger charge is -2.14. The summed E-state index contributed by atoms with van der Waals surface area (Å²) < 4.78 is 5.59. The minimum Gasteiger partial charge on any atom is -0.481 e. The first-order valence-corrected chi connectivity index (χ1v) is 7.13. The smallest absolute Gasteiger partial charge is 0.303 e. The van der Waals surface area contributed by atoms with E-state index < -0.39 is 5.97 Å². The van der Waals surface area contributed by atoms with E-state index in [1.54, 1.807) is 11.0 Å². The monoisotopic (exact) mass is 287 g/mol. The Morgan fingerprint density at radius 2 is 2.14 bits per heavy atom. The molecule has 5 nitrogen and oxygen atoms in total. The van der Waals surface area contributed by atoms with Crippen molar-refractivity contribution in [2.45, 2.75) is 19.3 Å². The number of likely N-dealkylation sites (tertiary alicyclic amines) is 1. The normalized spacial score (nSPS) is 18.3. The molecule has 110 valence electrons. The highest BCUT2D eigenvalue weighted by Crippen LogP contribution is 2.25. The standard InChI is InChI=1S/C16H17NO4/c18-15(19)6-5-11-7-8-17(10-11)16(20)14-9-12-3-1-2-4-13(12)21-14/h1-4,9,11H,5-8,10H2,(H,18,19). The Morgan fingerprint density at radius 1 is 1.33 bits per heavy atom. The number of carboxylic acid groups (broad SMARTS) is 1. The second-order valence-electron chi connectivity index (χ2n) is 5.49. The number of aliphatic carboxylic acids is 1. The van der Waals surface area contributed by atoms with Gasteiger partial charge >= 0.3 is 5.97 Å². The quantitative estimate of drug-likeness (QED) is 0.938. The molecule has 0 bridgehead atoms. The number of para-hydroxylation sites is 1. The van der Waals surface area contributed by atoms with Gasteiger partial charge in [-0.05, 0) is 30.9 Å². The molecule has 1 atom stereocenters. The van der Waals surface area contributed by atoms with Gasteiger partial charge in [-0.1, -0.05) is 18.2 Å². The largest absolute Gasteiger partial charge is 0.481 e. The first-order valence-electron chi connectivity index (χ1n) is 7.13. The van der Waals surface area contributed by atoms with E-state index in [2.05, 4.69) is 0 Å². The number of rotatable bonds is 4. The van der Waals surface area contributed by atoms with E-state index in [1.165, 1.54) is 0 Å². The summed E-state index contributed by atoms with van der Waals surface area (Å²) in [5, 5.41) is 9.63. The number of fused-ring (bicyclic) bond motifs is 1. The van der Waals surface area contributed by atoms with Crippen molar-refractivity contribution in [1.29, 1.82) is 0 Å². The number of benzene rings is 1. The molecule has 1 N–H and O–H groups in total. The Kier molecular flexibility index (Phi) is 3.64. The lowest BCUT2D eigenvalue weighted by atomic mass is 10.0. The molecule has 1 aliphatic heterocycles. The van der Waals surface area contributed by atoms with Crippen molar-refractivity contribution in [1.82, 2.24) is 4.90 Å². The van der Waals surface area contributed by atoms with E-state index in [9.17, 15) is 9.59 Å². The van der Waals surface area contributed by atoms with Crippen molar-refractivity contribution in [2.24, 2.45) is 5.92 Å². The maximum atomic E-state index is 12.4. The van der Waals surface area contributed by atoms with Gasteiger partial charge in [0.25, 0.3) is 5.91 Å². The minimum atomic E-state index is -0.780. The van der Waals surface area contributed by atoms with E-state index in [0.29, 0.717) is 30.9 Å². The Morgan fingerprint density at radius 3 is 2.90 bits per heavy atom. The van der Waals surface area contributed by atoms with Gasteiger partial charge in [0.1, 0.15) is 5.58 Å². The van der Waals surface area contributed by atoms with Crippen LogP contribution >= 0.6 is 0 Å². The van der Waals surface area contributed by atoms with Gasteiger partial charge in [0, 0.05) is 24.9 Å². The van der Waals surface area contributed by atoms with E-state index >= 15 is 0 Å². The fourth-order valence-electron chi connectivity index (χ4n) is 2.82. The van der Waals surface area contributed by atoms with Crippen molar-refractivity contribution in [3.05, 3.63) is 36.1 Å². The van der Waals surface area contributed by atoms with Crippen molar-refractivity contribution in [2.75, 3.05) is 13.1 Å². The van der Waals surface area contributed by atoms with Crippen LogP contribution in [0.15, 0.2) is 34.7 Å². The summed E-state index contributed by atoms with van der Waals surface area (Å²) in [6.07, 6.45) is 1.65. The Balaban J connectivity index is 1.67. The lowest BCUT2D eigenvalue weighted by Crippen LogP contribution is -2.28. The number of hydrogen-bond donors (Lipinski definition) is 1. The van der Waals surface area contributed by atoms with Crippen molar-refractivity contribution in [3.8, 4) is 0 Å². The summed E-state index contributed by atoms with van der Waals surface area (Å²) >= 11 is 0. The number of carbonyl (C=O) groups excluding carboxylic acids is 1. The van der Waals surface area contributed by atoms with Crippen LogP contribution in [0.3, 0.4) is 0 Å². The molecule has 1 aliphatic rings. The summed E-state index contributed by atoms with van der Waals surface area (Å²) in [7, 11) is 0. The number of carboxylic acids is 1. The molecule has 5 heteroatoms. The summed E-state index contributed by atoms with van der Waals surface area (Å²) in [6, 6.07) is 9.30. The van der Waals surface area contributed by atoms with E-state index in [1.807, 2.05) is 24.3 Å². The number of nitrogens with zero attached hydrogens (tertiary/aromatic N) is 1. The van der Waals surface area contributed by atoms with Gasteiger partial charge in [0.15, 0.2) is 5.76 Å². The molecule has 1 amide bonds. The van der Waals surface area contributed by atoms with E-state index in [0.717, 1.165) is 11.8 Å². The second kappa shape index (κ2) is 5.60. The van der Waals surface area contributed by atoms with Crippen LogP contribution in [0.2, 0.25) is 0 Å². The Hall–Kier alpha value is -2.30. The fourth-order valence-corrected chi connectivity index (χ4v) is 2.82. The molecule has 1 fully saturated rings. The maximum absolute atomic E-state index is 12.4. The maximum Gasteiger partial charge on any atom is 0.303 e. The molecule has 0 saturated carbocycles. The van der Waals surface area contributed by atoms with Crippen LogP contribution in [0.25, 0.3) is 11.0 Å². The first kappa shape index (κ1) is 13.7. The summed E-state index contributed by atoms with van der Waals surface area (Å²) in [5.74, 6) is -0.259. The molecule has 1 saturated heterocycles. The zero-order valence-electron chi connectivity index (χ0n) is 11.6. The highest BCUT2D eigenvalue weighted by molar-refractivity contribution is 5.96. The van der Waals surface area contributed by atoms with Crippen LogP contribution < -0.4 is 0 Å². The van der Waals surface area contributed by atoms with E-state index in [4.69, 9.17) is 9.52 Å². The van der Waals surface area contributed by atoms with Gasteiger partial charge < -0.3 is 14.4 Å². The molecule has 2 aromatic rings. The van der Waals surface area contributed by atoms with Crippen molar-refractivity contribution >= 4 is 22.8 Å². The molecule has 0 aliphatic carbocycles. The van der Waals surface area contributed by atoms with Crippen LogP contribution in [0.5, 0.6) is 0 Å². The third-order valence-corrected chi connectivity index (χ3v) is 3.98. The predicted octanol–water partition coefficient (Wildman–Crippen LogP) is 2.76. The molecule has 21 heavy (non-hydrogen) atoms. The van der Waals surface area contributed by atoms with Gasteiger partial charge in [-0.25, -0.2) is 0 Å². The molecule has 0 radical (unpaired) electrons. The topological polar surface area (TPSA) is 70.8 Å². The van der Waals surface area contributed by atoms with Crippen LogP contribution in [0, 0.1) is 5.92 Å². The number of furan rings is 1. The number of amides is 1. The van der Waals surface area contributed by atoms with Gasteiger partial charge in [0.05, 0.1) is 0 Å². The van der Waals surface area contributed by atoms with Gasteiger partial charge in [0.2, 0.25) is 0 Å². The molecule has 3 rings (SSSR count). The van der Waals surface area contributed by atoms with Crippen LogP contribution in [0.4, 0.5) is 0 Å². The molecular weight excluding hydrogens is 270 g/mol. The molecular formula is C16H17NO4. The van der Waals surface area contributed by atoms with Gasteiger partial charge in [-0.2, -0.15) is 0 Å². The van der Waals surface area contributed by atoms with E-state index in [-0.39, 0.29) is 18.2 Å². The second-order valence-corrected chi connectivity index (χ2v) is 5.49. The van der Waals surface area contributed by atoms with Crippen molar-refractivity contribution in [3.63, 3.8) is 0 Å². The third kappa shape index (κ3) is 2.91. The average Bonchev–Trinajstić information content (AvgIpc) is 3.11. The zero-order valence-corrected chi connectivity index (χ0v) is 11.6. The summed E-state index contributed by atoms with van der Waals surface area (Å²) in [5.41, 5.74) is 0.711. The molecule has 2 heterocycles. The summed E-state index contributed by atoms with van der Waals surface area (Å²) in [6.45, 7) is 1.28. The highest BCUT2D eigenvalue weighted by Gasteiger charge is 2.28. The van der Waals surface area contributed by atoms with Crippen LogP contribution in [-0.2, 0) is 4.79 Å².